The van der Waals surface area contributed by atoms with Gasteiger partial charge < -0.3 is 14.6 Å². The van der Waals surface area contributed by atoms with Crippen LogP contribution in [-0.4, -0.2) is 29.4 Å². The van der Waals surface area contributed by atoms with E-state index >= 15 is 0 Å². The highest BCUT2D eigenvalue weighted by atomic mass is 16.5. The predicted octanol–water partition coefficient (Wildman–Crippen LogP) is 3.95. The van der Waals surface area contributed by atoms with Crippen LogP contribution in [0.25, 0.3) is 0 Å². The first-order valence-electron chi connectivity index (χ1n) is 10.5. The molecule has 158 valence electrons. The molecule has 1 amide bonds. The van der Waals surface area contributed by atoms with E-state index < -0.39 is 0 Å². The zero-order chi connectivity index (χ0) is 21.7. The van der Waals surface area contributed by atoms with Gasteiger partial charge >= 0.3 is 0 Å². The van der Waals surface area contributed by atoms with Crippen LogP contribution in [0.2, 0.25) is 0 Å². The summed E-state index contributed by atoms with van der Waals surface area (Å²) < 4.78 is 5.26. The van der Waals surface area contributed by atoms with Gasteiger partial charge in [0.15, 0.2) is 0 Å². The molecule has 1 aromatic carbocycles. The summed E-state index contributed by atoms with van der Waals surface area (Å²) in [6, 6.07) is 10.0. The highest BCUT2D eigenvalue weighted by Crippen LogP contribution is 2.32. The zero-order valence-corrected chi connectivity index (χ0v) is 18.0. The molecule has 1 aliphatic heterocycles. The lowest BCUT2D eigenvalue weighted by Gasteiger charge is -2.31. The van der Waals surface area contributed by atoms with E-state index in [1.807, 2.05) is 42.2 Å². The van der Waals surface area contributed by atoms with E-state index in [1.54, 1.807) is 14.0 Å². The summed E-state index contributed by atoms with van der Waals surface area (Å²) in [6.07, 6.45) is 5.05. The smallest absolute Gasteiger partial charge is 0.266 e. The van der Waals surface area contributed by atoms with Crippen LogP contribution in [0.1, 0.15) is 66.1 Å². The van der Waals surface area contributed by atoms with Crippen LogP contribution in [0.15, 0.2) is 29.1 Å². The quantitative estimate of drug-likeness (QED) is 0.813. The number of aromatic nitrogens is 1. The molecular formula is C24H29N3O3. The van der Waals surface area contributed by atoms with Gasteiger partial charge in [0, 0.05) is 18.7 Å². The van der Waals surface area contributed by atoms with E-state index in [0.29, 0.717) is 18.4 Å². The molecule has 0 bridgehead atoms. The lowest BCUT2D eigenvalue weighted by molar-refractivity contribution is -0.133. The number of nitriles is 1. The molecular weight excluding hydrogens is 378 g/mol. The molecule has 1 saturated heterocycles. The summed E-state index contributed by atoms with van der Waals surface area (Å²) in [5, 5.41) is 9.27. The number of methoxy groups -OCH3 is 1. The Labute approximate surface area is 177 Å². The van der Waals surface area contributed by atoms with Gasteiger partial charge in [0.05, 0.1) is 13.2 Å². The molecule has 2 aromatic rings. The fraction of sp³-hybridized carbons (Fsp3) is 0.458. The summed E-state index contributed by atoms with van der Waals surface area (Å²) in [5.41, 5.74) is 3.19. The highest BCUT2D eigenvalue weighted by molar-refractivity contribution is 5.77. The minimum absolute atomic E-state index is 0.0679. The molecule has 1 aliphatic rings. The number of ether oxygens (including phenoxy) is 1. The maximum absolute atomic E-state index is 13.2. The number of aryl methyl sites for hydroxylation is 1. The van der Waals surface area contributed by atoms with E-state index in [2.05, 4.69) is 4.98 Å². The minimum Gasteiger partial charge on any atom is -0.497 e. The lowest BCUT2D eigenvalue weighted by Crippen LogP contribution is -2.35. The van der Waals surface area contributed by atoms with Gasteiger partial charge in [-0.05, 0) is 61.9 Å². The third-order valence-electron chi connectivity index (χ3n) is 6.08. The van der Waals surface area contributed by atoms with Crippen molar-refractivity contribution in [1.82, 2.24) is 9.88 Å². The van der Waals surface area contributed by atoms with Gasteiger partial charge in [-0.25, -0.2) is 0 Å². The molecule has 6 nitrogen and oxygen atoms in total. The van der Waals surface area contributed by atoms with Crippen LogP contribution < -0.4 is 10.3 Å². The van der Waals surface area contributed by atoms with Crippen molar-refractivity contribution in [3.05, 3.63) is 62.6 Å². The van der Waals surface area contributed by atoms with E-state index in [4.69, 9.17) is 4.74 Å². The Morgan fingerprint density at radius 1 is 1.23 bits per heavy atom. The molecule has 0 spiro atoms. The number of hydrogen-bond acceptors (Lipinski definition) is 4. The van der Waals surface area contributed by atoms with Crippen molar-refractivity contribution in [2.24, 2.45) is 0 Å². The predicted molar refractivity (Wildman–Crippen MR) is 115 cm³/mol. The SMILES string of the molecule is COc1ccc(C2CCCCCN2C(=O)CCc2c(C)[nH]c(=O)c(C#N)c2C)cc1. The molecule has 1 atom stereocenters. The first-order valence-corrected chi connectivity index (χ1v) is 10.5. The van der Waals surface area contributed by atoms with Gasteiger partial charge in [0.2, 0.25) is 5.91 Å². The van der Waals surface area contributed by atoms with E-state index in [0.717, 1.165) is 54.8 Å². The summed E-state index contributed by atoms with van der Waals surface area (Å²) in [4.78, 5) is 29.9. The topological polar surface area (TPSA) is 86.2 Å². The average Bonchev–Trinajstić information content (AvgIpc) is 2.99. The van der Waals surface area contributed by atoms with Crippen molar-refractivity contribution in [3.8, 4) is 11.8 Å². The van der Waals surface area contributed by atoms with E-state index in [9.17, 15) is 14.9 Å². The van der Waals surface area contributed by atoms with E-state index in [1.165, 1.54) is 0 Å². The number of hydrogen-bond donors (Lipinski definition) is 1. The Balaban J connectivity index is 1.80. The molecule has 1 N–H and O–H groups in total. The van der Waals surface area contributed by atoms with Crippen molar-refractivity contribution in [3.63, 3.8) is 0 Å². The molecule has 0 radical (unpaired) electrons. The van der Waals surface area contributed by atoms with Gasteiger partial charge in [0.1, 0.15) is 17.4 Å². The number of likely N-dealkylation sites (tertiary alicyclic amines) is 1. The van der Waals surface area contributed by atoms with Crippen LogP contribution in [0.3, 0.4) is 0 Å². The van der Waals surface area contributed by atoms with Crippen LogP contribution in [0.5, 0.6) is 5.75 Å². The Bertz CT molecular complexity index is 1000. The number of aromatic amines is 1. The van der Waals surface area contributed by atoms with Crippen LogP contribution in [-0.2, 0) is 11.2 Å². The number of pyridine rings is 1. The third-order valence-corrected chi connectivity index (χ3v) is 6.08. The van der Waals surface area contributed by atoms with Crippen LogP contribution in [0.4, 0.5) is 0 Å². The van der Waals surface area contributed by atoms with Crippen molar-refractivity contribution in [2.45, 2.75) is 58.4 Å². The molecule has 3 rings (SSSR count). The number of nitrogens with zero attached hydrogens (tertiary/aromatic N) is 2. The second-order valence-corrected chi connectivity index (χ2v) is 7.89. The Morgan fingerprint density at radius 3 is 2.63 bits per heavy atom. The summed E-state index contributed by atoms with van der Waals surface area (Å²) in [6.45, 7) is 4.36. The second-order valence-electron chi connectivity index (χ2n) is 7.89. The summed E-state index contributed by atoms with van der Waals surface area (Å²) in [5.74, 6) is 0.920. The number of amides is 1. The van der Waals surface area contributed by atoms with Crippen molar-refractivity contribution >= 4 is 5.91 Å². The van der Waals surface area contributed by atoms with Crippen molar-refractivity contribution in [2.75, 3.05) is 13.7 Å². The monoisotopic (exact) mass is 407 g/mol. The van der Waals surface area contributed by atoms with Crippen molar-refractivity contribution < 1.29 is 9.53 Å². The Morgan fingerprint density at radius 2 is 1.97 bits per heavy atom. The van der Waals surface area contributed by atoms with Crippen molar-refractivity contribution in [1.29, 1.82) is 5.26 Å². The maximum atomic E-state index is 13.2. The standard InChI is InChI=1S/C24H29N3O3/c1-16-20(17(2)26-24(29)21(16)15-25)12-13-23(28)27-14-6-4-5-7-22(27)18-8-10-19(30-3)11-9-18/h8-11,22H,4-7,12-14H2,1-3H3,(H,26,29). The molecule has 30 heavy (non-hydrogen) atoms. The number of carbonyl (C=O) groups excluding carboxylic acids is 1. The number of rotatable bonds is 5. The molecule has 1 unspecified atom stereocenters. The lowest BCUT2D eigenvalue weighted by atomic mass is 9.97. The number of benzene rings is 1. The fourth-order valence-corrected chi connectivity index (χ4v) is 4.38. The highest BCUT2D eigenvalue weighted by Gasteiger charge is 2.27. The molecule has 6 heteroatoms. The number of carbonyl (C=O) groups is 1. The van der Waals surface area contributed by atoms with Gasteiger partial charge in [0.25, 0.3) is 5.56 Å². The maximum Gasteiger partial charge on any atom is 0.266 e. The normalized spacial score (nSPS) is 16.6. The minimum atomic E-state index is -0.366. The fourth-order valence-electron chi connectivity index (χ4n) is 4.38. The van der Waals surface area contributed by atoms with E-state index in [-0.39, 0.29) is 23.1 Å². The third kappa shape index (κ3) is 4.56. The number of nitrogens with one attached hydrogen (secondary N) is 1. The molecule has 0 aliphatic carbocycles. The van der Waals surface area contributed by atoms with Gasteiger partial charge in [-0.15, -0.1) is 0 Å². The average molecular weight is 408 g/mol. The van der Waals surface area contributed by atoms with Crippen LogP contribution in [0, 0.1) is 25.2 Å². The first kappa shape index (κ1) is 21.6. The van der Waals surface area contributed by atoms with Gasteiger partial charge in [-0.3, -0.25) is 9.59 Å². The summed E-state index contributed by atoms with van der Waals surface area (Å²) in [7, 11) is 1.65. The Hall–Kier alpha value is -3.07. The first-order chi connectivity index (χ1) is 14.5. The molecule has 2 heterocycles. The number of H-pyrrole nitrogens is 1. The Kier molecular flexibility index (Phi) is 6.94. The zero-order valence-electron chi connectivity index (χ0n) is 18.0. The summed E-state index contributed by atoms with van der Waals surface area (Å²) >= 11 is 0. The molecule has 1 aromatic heterocycles. The molecule has 0 saturated carbocycles. The largest absolute Gasteiger partial charge is 0.497 e. The van der Waals surface area contributed by atoms with Gasteiger partial charge in [-0.2, -0.15) is 5.26 Å². The second kappa shape index (κ2) is 9.62. The molecule has 1 fully saturated rings. The van der Waals surface area contributed by atoms with Gasteiger partial charge in [-0.1, -0.05) is 25.0 Å². The van der Waals surface area contributed by atoms with Crippen LogP contribution >= 0.6 is 0 Å².